The van der Waals surface area contributed by atoms with Crippen LogP contribution in [-0.4, -0.2) is 39.5 Å². The maximum atomic E-state index is 13.9. The highest BCUT2D eigenvalue weighted by Crippen LogP contribution is 2.47. The van der Waals surface area contributed by atoms with Gasteiger partial charge in [-0.25, -0.2) is 9.37 Å². The highest BCUT2D eigenvalue weighted by atomic mass is 35.5. The van der Waals surface area contributed by atoms with Crippen molar-refractivity contribution >= 4 is 28.8 Å². The van der Waals surface area contributed by atoms with Gasteiger partial charge in [-0.05, 0) is 61.9 Å². The van der Waals surface area contributed by atoms with E-state index >= 15 is 0 Å². The van der Waals surface area contributed by atoms with Crippen LogP contribution < -0.4 is 4.74 Å². The molecule has 8 heteroatoms. The van der Waals surface area contributed by atoms with Gasteiger partial charge in [0.25, 0.3) is 5.91 Å². The maximum absolute atomic E-state index is 13.9. The molecule has 1 saturated carbocycles. The lowest BCUT2D eigenvalue weighted by Gasteiger charge is -2.57. The lowest BCUT2D eigenvalue weighted by Crippen LogP contribution is -2.64. The molecule has 0 spiro atoms. The zero-order chi connectivity index (χ0) is 22.4. The second kappa shape index (κ2) is 8.45. The fourth-order valence-corrected chi connectivity index (χ4v) is 5.88. The fourth-order valence-electron chi connectivity index (χ4n) is 4.81. The van der Waals surface area contributed by atoms with Crippen LogP contribution in [0.5, 0.6) is 5.75 Å². The number of aromatic nitrogens is 2. The Kier molecular flexibility index (Phi) is 5.63. The third-order valence-electron chi connectivity index (χ3n) is 6.62. The van der Waals surface area contributed by atoms with Gasteiger partial charge in [-0.3, -0.25) is 9.78 Å². The van der Waals surface area contributed by atoms with Crippen molar-refractivity contribution in [1.82, 2.24) is 14.9 Å². The van der Waals surface area contributed by atoms with Crippen molar-refractivity contribution in [3.05, 3.63) is 64.3 Å². The van der Waals surface area contributed by atoms with Crippen molar-refractivity contribution in [3.8, 4) is 16.2 Å². The van der Waals surface area contributed by atoms with Crippen LogP contribution in [0.2, 0.25) is 5.02 Å². The van der Waals surface area contributed by atoms with Gasteiger partial charge in [0.05, 0.1) is 20.9 Å². The predicted molar refractivity (Wildman–Crippen MR) is 123 cm³/mol. The van der Waals surface area contributed by atoms with Gasteiger partial charge >= 0.3 is 0 Å². The quantitative estimate of drug-likeness (QED) is 0.484. The number of pyridine rings is 1. The van der Waals surface area contributed by atoms with Crippen LogP contribution in [0.3, 0.4) is 0 Å². The number of carbonyl (C=O) groups excluding carboxylic acids is 1. The number of nitrogens with zero attached hydrogens (tertiary/aromatic N) is 3. The third-order valence-corrected chi connectivity index (χ3v) is 7.85. The van der Waals surface area contributed by atoms with Crippen LogP contribution in [-0.2, 0) is 0 Å². The first-order chi connectivity index (χ1) is 15.4. The van der Waals surface area contributed by atoms with Crippen molar-refractivity contribution in [2.75, 3.05) is 6.61 Å². The van der Waals surface area contributed by atoms with E-state index in [0.717, 1.165) is 28.3 Å². The van der Waals surface area contributed by atoms with Gasteiger partial charge in [0, 0.05) is 24.0 Å². The van der Waals surface area contributed by atoms with Crippen molar-refractivity contribution < 1.29 is 13.9 Å². The molecule has 0 N–H and O–H groups in total. The molecule has 1 unspecified atom stereocenters. The summed E-state index contributed by atoms with van der Waals surface area (Å²) in [4.78, 5) is 25.4. The van der Waals surface area contributed by atoms with Crippen molar-refractivity contribution in [2.45, 2.75) is 38.8 Å². The van der Waals surface area contributed by atoms with Crippen LogP contribution in [0.15, 0.2) is 42.7 Å². The third kappa shape index (κ3) is 3.88. The Morgan fingerprint density at radius 1 is 1.28 bits per heavy atom. The Labute approximate surface area is 195 Å². The lowest BCUT2D eigenvalue weighted by atomic mass is 9.64. The Balaban J connectivity index is 1.44. The number of carbonyl (C=O) groups is 1. The minimum atomic E-state index is -0.302. The SMILES string of the molecule is Cc1nc(C(=O)N2C3CC(C3)[C@@H](C)C2COc2ccc(F)cc2)c(-c2cncc(Cl)c2)s1. The molecule has 166 valence electrons. The van der Waals surface area contributed by atoms with Gasteiger partial charge in [0.2, 0.25) is 0 Å². The molecule has 1 aromatic carbocycles. The van der Waals surface area contributed by atoms with Gasteiger partial charge in [0.1, 0.15) is 23.9 Å². The summed E-state index contributed by atoms with van der Waals surface area (Å²) in [6, 6.07) is 7.92. The van der Waals surface area contributed by atoms with E-state index < -0.39 is 0 Å². The number of benzene rings is 1. The summed E-state index contributed by atoms with van der Waals surface area (Å²) in [6.07, 6.45) is 5.31. The number of hydrogen-bond acceptors (Lipinski definition) is 5. The second-order valence-corrected chi connectivity index (χ2v) is 10.2. The number of piperidine rings is 2. The smallest absolute Gasteiger partial charge is 0.274 e. The number of amides is 1. The van der Waals surface area contributed by atoms with Gasteiger partial charge in [-0.2, -0.15) is 0 Å². The molecule has 2 aromatic heterocycles. The zero-order valence-electron chi connectivity index (χ0n) is 17.8. The first-order valence-electron chi connectivity index (χ1n) is 10.7. The Hall–Kier alpha value is -2.51. The molecule has 6 rings (SSSR count). The molecule has 2 aliphatic heterocycles. The monoisotopic (exact) mass is 471 g/mol. The highest BCUT2D eigenvalue weighted by molar-refractivity contribution is 7.15. The zero-order valence-corrected chi connectivity index (χ0v) is 19.4. The molecule has 3 fully saturated rings. The highest BCUT2D eigenvalue weighted by Gasteiger charge is 2.51. The summed E-state index contributed by atoms with van der Waals surface area (Å²) in [6.45, 7) is 4.45. The van der Waals surface area contributed by atoms with Crippen LogP contribution in [0.4, 0.5) is 4.39 Å². The summed E-state index contributed by atoms with van der Waals surface area (Å²) in [5.41, 5.74) is 1.24. The summed E-state index contributed by atoms with van der Waals surface area (Å²) >= 11 is 7.62. The summed E-state index contributed by atoms with van der Waals surface area (Å²) in [5, 5.41) is 1.34. The molecule has 2 atom stereocenters. The van der Waals surface area contributed by atoms with Crippen molar-refractivity contribution in [1.29, 1.82) is 0 Å². The van der Waals surface area contributed by atoms with Gasteiger partial charge in [0.15, 0.2) is 0 Å². The molecule has 3 aliphatic rings. The molecule has 1 aliphatic carbocycles. The lowest BCUT2D eigenvalue weighted by molar-refractivity contribution is -0.0672. The number of ether oxygens (including phenoxy) is 1. The minimum absolute atomic E-state index is 0.0719. The normalized spacial score (nSPS) is 24.2. The first kappa shape index (κ1) is 21.3. The largest absolute Gasteiger partial charge is 0.491 e. The molecule has 2 bridgehead atoms. The van der Waals surface area contributed by atoms with Gasteiger partial charge in [-0.15, -0.1) is 11.3 Å². The molecule has 0 radical (unpaired) electrons. The molecule has 32 heavy (non-hydrogen) atoms. The minimum Gasteiger partial charge on any atom is -0.491 e. The molecular weight excluding hydrogens is 449 g/mol. The summed E-state index contributed by atoms with van der Waals surface area (Å²) < 4.78 is 19.2. The number of thiazole rings is 1. The number of hydrogen-bond donors (Lipinski definition) is 0. The molecular formula is C24H23ClFN3O2S. The molecule has 5 nitrogen and oxygen atoms in total. The average molecular weight is 472 g/mol. The van der Waals surface area contributed by atoms with Gasteiger partial charge < -0.3 is 9.64 Å². The Bertz CT molecular complexity index is 1150. The van der Waals surface area contributed by atoms with Gasteiger partial charge in [-0.1, -0.05) is 18.5 Å². The molecule has 2 saturated heterocycles. The van der Waals surface area contributed by atoms with Crippen molar-refractivity contribution in [2.24, 2.45) is 11.8 Å². The van der Waals surface area contributed by atoms with Crippen LogP contribution in [0.1, 0.15) is 35.3 Å². The average Bonchev–Trinajstić information content (AvgIpc) is 3.14. The van der Waals surface area contributed by atoms with E-state index in [0.29, 0.717) is 34.9 Å². The standard InChI is InChI=1S/C24H23ClFN3O2S/c1-13-15-8-19(9-15)29(21(13)12-31-20-5-3-18(26)4-6-20)24(30)22-23(32-14(2)28-22)16-7-17(25)11-27-10-16/h3-7,10-11,13,15,19,21H,8-9,12H2,1-2H3/t13-,15?,19?,21?/m1/s1. The van der Waals surface area contributed by atoms with Crippen LogP contribution in [0.25, 0.3) is 10.4 Å². The number of fused-ring (bicyclic) bond motifs is 2. The molecule has 1 amide bonds. The maximum Gasteiger partial charge on any atom is 0.274 e. The first-order valence-corrected chi connectivity index (χ1v) is 11.9. The summed E-state index contributed by atoms with van der Waals surface area (Å²) in [5.74, 6) is 1.12. The number of aryl methyl sites for hydroxylation is 1. The second-order valence-electron chi connectivity index (χ2n) is 8.59. The van der Waals surface area contributed by atoms with E-state index in [1.165, 1.54) is 23.5 Å². The number of rotatable bonds is 5. The van der Waals surface area contributed by atoms with E-state index in [-0.39, 0.29) is 23.8 Å². The molecule has 3 aromatic rings. The number of halogens is 2. The van der Waals surface area contributed by atoms with E-state index in [1.807, 2.05) is 17.9 Å². The topological polar surface area (TPSA) is 55.3 Å². The van der Waals surface area contributed by atoms with E-state index in [4.69, 9.17) is 16.3 Å². The Morgan fingerprint density at radius 2 is 2.03 bits per heavy atom. The van der Waals surface area contributed by atoms with E-state index in [2.05, 4.69) is 16.9 Å². The van der Waals surface area contributed by atoms with Crippen molar-refractivity contribution in [3.63, 3.8) is 0 Å². The van der Waals surface area contributed by atoms with E-state index in [1.54, 1.807) is 24.5 Å². The predicted octanol–water partition coefficient (Wildman–Crippen LogP) is 5.62. The summed E-state index contributed by atoms with van der Waals surface area (Å²) in [7, 11) is 0. The molecule has 4 heterocycles. The van der Waals surface area contributed by atoms with E-state index in [9.17, 15) is 9.18 Å². The van der Waals surface area contributed by atoms with Crippen LogP contribution >= 0.6 is 22.9 Å². The fraction of sp³-hybridized carbons (Fsp3) is 0.375. The Morgan fingerprint density at radius 3 is 2.75 bits per heavy atom. The van der Waals surface area contributed by atoms with Crippen LogP contribution in [0, 0.1) is 24.6 Å².